The number of carbonyl (C=O) groups is 2. The number of nitrogens with zero attached hydrogens (tertiary/aromatic N) is 2. The summed E-state index contributed by atoms with van der Waals surface area (Å²) in [7, 11) is 0. The summed E-state index contributed by atoms with van der Waals surface area (Å²) in [5.41, 5.74) is 1.01. The number of hydrogen-bond acceptors (Lipinski definition) is 3. The molecule has 0 aromatic carbocycles. The van der Waals surface area contributed by atoms with Crippen LogP contribution in [0.2, 0.25) is 0 Å². The number of halogens is 1. The summed E-state index contributed by atoms with van der Waals surface area (Å²) in [5, 5.41) is 7.98. The van der Waals surface area contributed by atoms with Gasteiger partial charge in [-0.1, -0.05) is 15.9 Å². The number of fused-ring (bicyclic) bond motifs is 1. The molecule has 0 bridgehead atoms. The minimum absolute atomic E-state index is 0.203. The molecule has 0 radical (unpaired) electrons. The summed E-state index contributed by atoms with van der Waals surface area (Å²) in [6, 6.07) is 3.14. The number of pyridine rings is 1. The van der Waals surface area contributed by atoms with Crippen molar-refractivity contribution in [1.29, 1.82) is 0 Å². The van der Waals surface area contributed by atoms with Gasteiger partial charge < -0.3 is 10.6 Å². The van der Waals surface area contributed by atoms with Gasteiger partial charge in [-0.25, -0.2) is 9.78 Å². The minimum Gasteiger partial charge on any atom is -0.351 e. The van der Waals surface area contributed by atoms with E-state index in [0.717, 1.165) is 4.47 Å². The van der Waals surface area contributed by atoms with Crippen molar-refractivity contribution in [3.63, 3.8) is 0 Å². The molecule has 0 spiro atoms. The van der Waals surface area contributed by atoms with Gasteiger partial charge in [0.05, 0.1) is 6.20 Å². The molecule has 0 atom stereocenters. The van der Waals surface area contributed by atoms with E-state index in [2.05, 4.69) is 36.9 Å². The van der Waals surface area contributed by atoms with Crippen molar-refractivity contribution >= 4 is 39.3 Å². The number of amides is 3. The fraction of sp³-hybridized carbons (Fsp3) is 0.308. The van der Waals surface area contributed by atoms with Gasteiger partial charge in [0.15, 0.2) is 5.82 Å². The molecule has 0 fully saturated rings. The Kier molecular flexibility index (Phi) is 4.79. The van der Waals surface area contributed by atoms with Gasteiger partial charge in [-0.05, 0) is 26.0 Å². The van der Waals surface area contributed by atoms with E-state index in [1.54, 1.807) is 22.7 Å². The molecule has 2 aromatic heterocycles. The molecule has 3 amide bonds. The van der Waals surface area contributed by atoms with Crippen molar-refractivity contribution in [3.8, 4) is 0 Å². The van der Waals surface area contributed by atoms with Gasteiger partial charge in [-0.15, -0.1) is 0 Å². The van der Waals surface area contributed by atoms with E-state index in [4.69, 9.17) is 0 Å². The number of anilines is 1. The van der Waals surface area contributed by atoms with E-state index < -0.39 is 0 Å². The molecule has 3 N–H and O–H groups in total. The molecular weight excluding hydrogens is 338 g/mol. The number of urea groups is 1. The van der Waals surface area contributed by atoms with E-state index in [1.165, 1.54) is 0 Å². The standard InChI is InChI=1S/C13H16BrN5O2/c1-3-15-12(20)9-5-8(14)6-11-17-10(7-19(9)11)18-13(21)16-4-2/h5-7H,3-4H2,1-2H3,(H,15,20)(H2,16,18,21). The Hall–Kier alpha value is -2.09. The molecule has 8 heteroatoms. The first-order valence-electron chi connectivity index (χ1n) is 6.56. The van der Waals surface area contributed by atoms with Crippen LogP contribution in [0.4, 0.5) is 10.6 Å². The van der Waals surface area contributed by atoms with Gasteiger partial charge in [0, 0.05) is 17.6 Å². The second-order valence-electron chi connectivity index (χ2n) is 4.26. The number of carbonyl (C=O) groups excluding carboxylic acids is 2. The number of rotatable bonds is 4. The van der Waals surface area contributed by atoms with Crippen molar-refractivity contribution in [2.45, 2.75) is 13.8 Å². The lowest BCUT2D eigenvalue weighted by Gasteiger charge is -2.05. The van der Waals surface area contributed by atoms with Crippen LogP contribution in [0.1, 0.15) is 24.3 Å². The van der Waals surface area contributed by atoms with Crippen LogP contribution in [0, 0.1) is 0 Å². The Labute approximate surface area is 130 Å². The molecular formula is C13H16BrN5O2. The van der Waals surface area contributed by atoms with Crippen LogP contribution in [0.25, 0.3) is 5.65 Å². The maximum absolute atomic E-state index is 12.1. The quantitative estimate of drug-likeness (QED) is 0.785. The molecule has 0 unspecified atom stereocenters. The molecule has 7 nitrogen and oxygen atoms in total. The monoisotopic (exact) mass is 353 g/mol. The SMILES string of the molecule is CCNC(=O)Nc1cn2c(C(=O)NCC)cc(Br)cc2n1. The molecule has 2 rings (SSSR count). The zero-order valence-corrected chi connectivity index (χ0v) is 13.3. The Bertz CT molecular complexity index is 682. The van der Waals surface area contributed by atoms with E-state index >= 15 is 0 Å². The second kappa shape index (κ2) is 6.57. The van der Waals surface area contributed by atoms with Crippen LogP contribution in [0.5, 0.6) is 0 Å². The predicted molar refractivity (Wildman–Crippen MR) is 83.6 cm³/mol. The summed E-state index contributed by atoms with van der Waals surface area (Å²) < 4.78 is 2.38. The number of hydrogen-bond donors (Lipinski definition) is 3. The highest BCUT2D eigenvalue weighted by molar-refractivity contribution is 9.10. The molecule has 0 aliphatic carbocycles. The molecule has 0 aliphatic rings. The average molecular weight is 354 g/mol. The van der Waals surface area contributed by atoms with Crippen LogP contribution >= 0.6 is 15.9 Å². The van der Waals surface area contributed by atoms with Crippen molar-refractivity contribution in [2.24, 2.45) is 0 Å². The van der Waals surface area contributed by atoms with Gasteiger partial charge in [0.1, 0.15) is 11.3 Å². The van der Waals surface area contributed by atoms with Crippen molar-refractivity contribution < 1.29 is 9.59 Å². The third-order valence-corrected chi connectivity index (χ3v) is 3.14. The third kappa shape index (κ3) is 3.52. The third-order valence-electron chi connectivity index (χ3n) is 2.68. The minimum atomic E-state index is -0.334. The zero-order chi connectivity index (χ0) is 15.4. The summed E-state index contributed by atoms with van der Waals surface area (Å²) in [4.78, 5) is 27.9. The molecule has 112 valence electrons. The first-order chi connectivity index (χ1) is 10.0. The van der Waals surface area contributed by atoms with Crippen LogP contribution in [-0.2, 0) is 0 Å². The largest absolute Gasteiger partial charge is 0.351 e. The maximum Gasteiger partial charge on any atom is 0.320 e. The fourth-order valence-corrected chi connectivity index (χ4v) is 2.28. The molecule has 21 heavy (non-hydrogen) atoms. The van der Waals surface area contributed by atoms with Crippen LogP contribution < -0.4 is 16.0 Å². The van der Waals surface area contributed by atoms with E-state index in [9.17, 15) is 9.59 Å². The summed E-state index contributed by atoms with van der Waals surface area (Å²) >= 11 is 3.35. The van der Waals surface area contributed by atoms with E-state index in [-0.39, 0.29) is 11.9 Å². The Balaban J connectivity index is 2.39. The van der Waals surface area contributed by atoms with Gasteiger partial charge >= 0.3 is 6.03 Å². The lowest BCUT2D eigenvalue weighted by atomic mass is 10.3. The van der Waals surface area contributed by atoms with Crippen molar-refractivity contribution in [3.05, 3.63) is 28.5 Å². The second-order valence-corrected chi connectivity index (χ2v) is 5.17. The Morgan fingerprint density at radius 3 is 2.62 bits per heavy atom. The lowest BCUT2D eigenvalue weighted by molar-refractivity contribution is 0.0949. The fourth-order valence-electron chi connectivity index (χ4n) is 1.86. The van der Waals surface area contributed by atoms with Crippen molar-refractivity contribution in [1.82, 2.24) is 20.0 Å². The topological polar surface area (TPSA) is 87.5 Å². The van der Waals surface area contributed by atoms with Gasteiger partial charge in [-0.3, -0.25) is 14.5 Å². The number of aromatic nitrogens is 2. The average Bonchev–Trinajstić information content (AvgIpc) is 2.80. The molecule has 2 aromatic rings. The molecule has 0 aliphatic heterocycles. The molecule has 2 heterocycles. The predicted octanol–water partition coefficient (Wildman–Crippen LogP) is 1.99. The number of nitrogens with one attached hydrogen (secondary N) is 3. The first-order valence-corrected chi connectivity index (χ1v) is 7.36. The lowest BCUT2D eigenvalue weighted by Crippen LogP contribution is -2.28. The highest BCUT2D eigenvalue weighted by Gasteiger charge is 2.13. The smallest absolute Gasteiger partial charge is 0.320 e. The van der Waals surface area contributed by atoms with Crippen LogP contribution in [0.3, 0.4) is 0 Å². The highest BCUT2D eigenvalue weighted by atomic mass is 79.9. The maximum atomic E-state index is 12.1. The van der Waals surface area contributed by atoms with Gasteiger partial charge in [0.2, 0.25) is 0 Å². The molecule has 0 saturated carbocycles. The number of imidazole rings is 1. The Morgan fingerprint density at radius 1 is 1.24 bits per heavy atom. The van der Waals surface area contributed by atoms with Crippen LogP contribution in [-0.4, -0.2) is 34.4 Å². The zero-order valence-electron chi connectivity index (χ0n) is 11.7. The van der Waals surface area contributed by atoms with E-state index in [0.29, 0.717) is 30.2 Å². The highest BCUT2D eigenvalue weighted by Crippen LogP contribution is 2.19. The summed E-state index contributed by atoms with van der Waals surface area (Å²) in [5.74, 6) is 0.176. The van der Waals surface area contributed by atoms with E-state index in [1.807, 2.05) is 13.8 Å². The van der Waals surface area contributed by atoms with Crippen molar-refractivity contribution in [2.75, 3.05) is 18.4 Å². The van der Waals surface area contributed by atoms with Gasteiger partial charge in [0.25, 0.3) is 5.91 Å². The summed E-state index contributed by atoms with van der Waals surface area (Å²) in [6.45, 7) is 4.73. The van der Waals surface area contributed by atoms with Gasteiger partial charge in [-0.2, -0.15) is 0 Å². The summed E-state index contributed by atoms with van der Waals surface area (Å²) in [6.07, 6.45) is 1.61. The van der Waals surface area contributed by atoms with Crippen LogP contribution in [0.15, 0.2) is 22.8 Å². The normalized spacial score (nSPS) is 10.4. The molecule has 0 saturated heterocycles. The Morgan fingerprint density at radius 2 is 1.95 bits per heavy atom. The first kappa shape index (κ1) is 15.3.